The number of amides is 2. The van der Waals surface area contributed by atoms with Crippen LogP contribution in [-0.2, 0) is 14.4 Å². The second-order valence-corrected chi connectivity index (χ2v) is 7.73. The Balaban J connectivity index is 1.65. The first-order chi connectivity index (χ1) is 13.5. The molecule has 2 saturated heterocycles. The van der Waals surface area contributed by atoms with Crippen LogP contribution in [0, 0.1) is 11.8 Å². The summed E-state index contributed by atoms with van der Waals surface area (Å²) in [6, 6.07) is 13.0. The third kappa shape index (κ3) is 2.21. The second-order valence-electron chi connectivity index (χ2n) is 7.29. The van der Waals surface area contributed by atoms with Crippen molar-refractivity contribution >= 4 is 41.1 Å². The van der Waals surface area contributed by atoms with Crippen molar-refractivity contribution in [3.8, 4) is 0 Å². The number of hydrogen-bond acceptors (Lipinski definition) is 5. The average molecular weight is 394 g/mol. The molecule has 3 aliphatic rings. The molecule has 0 radical (unpaired) electrons. The monoisotopic (exact) mass is 393 g/mol. The zero-order valence-corrected chi connectivity index (χ0v) is 15.7. The third-order valence-corrected chi connectivity index (χ3v) is 6.05. The number of ketones is 1. The summed E-state index contributed by atoms with van der Waals surface area (Å²) in [7, 11) is 0. The number of halogens is 1. The molecule has 0 spiro atoms. The molecule has 4 atom stereocenters. The minimum absolute atomic E-state index is 0.173. The van der Waals surface area contributed by atoms with Crippen LogP contribution in [0.2, 0.25) is 5.02 Å². The van der Waals surface area contributed by atoms with E-state index in [2.05, 4.69) is 5.10 Å². The minimum atomic E-state index is -0.756. The van der Waals surface area contributed by atoms with Crippen LogP contribution in [0.4, 0.5) is 5.69 Å². The van der Waals surface area contributed by atoms with Gasteiger partial charge < -0.3 is 0 Å². The molecule has 0 unspecified atom stereocenters. The van der Waals surface area contributed by atoms with E-state index in [1.807, 2.05) is 24.3 Å². The summed E-state index contributed by atoms with van der Waals surface area (Å²) in [5.74, 6) is -2.25. The Labute approximate surface area is 166 Å². The van der Waals surface area contributed by atoms with Crippen molar-refractivity contribution in [2.24, 2.45) is 16.9 Å². The van der Waals surface area contributed by atoms with E-state index in [1.165, 1.54) is 11.8 Å². The molecule has 5 rings (SSSR count). The fourth-order valence-electron chi connectivity index (χ4n) is 4.67. The van der Waals surface area contributed by atoms with Gasteiger partial charge >= 0.3 is 0 Å². The van der Waals surface area contributed by atoms with Crippen molar-refractivity contribution in [3.63, 3.8) is 0 Å². The topological polar surface area (TPSA) is 70.0 Å². The maximum atomic E-state index is 13.4. The minimum Gasteiger partial charge on any atom is -0.298 e. The highest BCUT2D eigenvalue weighted by Crippen LogP contribution is 2.52. The number of fused-ring (bicyclic) bond motifs is 5. The molecular formula is C21H16ClN3O3. The lowest BCUT2D eigenvalue weighted by Crippen LogP contribution is -2.43. The number of anilines is 1. The van der Waals surface area contributed by atoms with Gasteiger partial charge in [-0.2, -0.15) is 5.10 Å². The zero-order valence-electron chi connectivity index (χ0n) is 14.9. The van der Waals surface area contributed by atoms with Crippen molar-refractivity contribution < 1.29 is 14.4 Å². The van der Waals surface area contributed by atoms with Crippen LogP contribution in [0.1, 0.15) is 24.1 Å². The largest absolute Gasteiger partial charge is 0.298 e. The standard InChI is InChI=1S/C21H16ClN3O3/c1-11(26)18-16-17(19-15-5-3-2-4-12(15)10-23-25(18)19)21(28)24(20(16)27)14-8-6-13(22)7-9-14/h2-10,16-19H,1H3/t16-,17+,18-,19-/m0/s1. The molecule has 0 bridgehead atoms. The average Bonchev–Trinajstić information content (AvgIpc) is 3.16. The Morgan fingerprint density at radius 3 is 2.39 bits per heavy atom. The highest BCUT2D eigenvalue weighted by atomic mass is 35.5. The predicted octanol–water partition coefficient (Wildman–Crippen LogP) is 2.81. The summed E-state index contributed by atoms with van der Waals surface area (Å²) < 4.78 is 0. The summed E-state index contributed by atoms with van der Waals surface area (Å²) in [6.45, 7) is 1.45. The first-order valence-electron chi connectivity index (χ1n) is 9.04. The van der Waals surface area contributed by atoms with Crippen LogP contribution < -0.4 is 4.90 Å². The van der Waals surface area contributed by atoms with Gasteiger partial charge in [0.2, 0.25) is 11.8 Å². The first-order valence-corrected chi connectivity index (χ1v) is 9.42. The molecule has 28 heavy (non-hydrogen) atoms. The van der Waals surface area contributed by atoms with E-state index in [0.29, 0.717) is 10.7 Å². The van der Waals surface area contributed by atoms with Crippen LogP contribution >= 0.6 is 11.6 Å². The van der Waals surface area contributed by atoms with Gasteiger partial charge in [0.15, 0.2) is 5.78 Å². The Bertz CT molecular complexity index is 1050. The van der Waals surface area contributed by atoms with Gasteiger partial charge in [0.05, 0.1) is 29.8 Å². The molecule has 2 aromatic rings. The van der Waals surface area contributed by atoms with E-state index in [9.17, 15) is 14.4 Å². The third-order valence-electron chi connectivity index (χ3n) is 5.79. The normalized spacial score (nSPS) is 27.6. The number of rotatable bonds is 2. The van der Waals surface area contributed by atoms with Gasteiger partial charge in [-0.3, -0.25) is 19.4 Å². The molecule has 2 amide bonds. The second kappa shape index (κ2) is 6.01. The highest BCUT2D eigenvalue weighted by Gasteiger charge is 2.64. The molecule has 7 heteroatoms. The van der Waals surface area contributed by atoms with E-state index in [0.717, 1.165) is 11.1 Å². The van der Waals surface area contributed by atoms with E-state index >= 15 is 0 Å². The van der Waals surface area contributed by atoms with E-state index in [1.54, 1.807) is 35.5 Å². The van der Waals surface area contributed by atoms with Gasteiger partial charge in [-0.1, -0.05) is 35.9 Å². The van der Waals surface area contributed by atoms with Crippen molar-refractivity contribution in [1.82, 2.24) is 5.01 Å². The molecule has 0 aliphatic carbocycles. The summed E-state index contributed by atoms with van der Waals surface area (Å²) >= 11 is 5.94. The Kier molecular flexibility index (Phi) is 3.67. The van der Waals surface area contributed by atoms with Gasteiger partial charge in [0.25, 0.3) is 0 Å². The van der Waals surface area contributed by atoms with Gasteiger partial charge in [-0.15, -0.1) is 0 Å². The molecule has 0 saturated carbocycles. The van der Waals surface area contributed by atoms with Gasteiger partial charge in [-0.05, 0) is 42.3 Å². The number of benzene rings is 2. The lowest BCUT2D eigenvalue weighted by molar-refractivity contribution is -0.129. The predicted molar refractivity (Wildman–Crippen MR) is 104 cm³/mol. The molecule has 0 N–H and O–H groups in total. The number of imide groups is 1. The Morgan fingerprint density at radius 1 is 1.00 bits per heavy atom. The van der Waals surface area contributed by atoms with Crippen LogP contribution in [-0.4, -0.2) is 34.9 Å². The fraction of sp³-hybridized carbons (Fsp3) is 0.238. The lowest BCUT2D eigenvalue weighted by atomic mass is 9.84. The molecule has 3 aliphatic heterocycles. The molecule has 2 aromatic carbocycles. The number of carbonyl (C=O) groups excluding carboxylic acids is 3. The van der Waals surface area contributed by atoms with Crippen LogP contribution in [0.3, 0.4) is 0 Å². The SMILES string of the molecule is CC(=O)[C@H]1[C@H]2C(=O)N(c3ccc(Cl)cc3)C(=O)[C@H]2[C@@H]2c3ccccc3C=NN12. The fourth-order valence-corrected chi connectivity index (χ4v) is 4.80. The van der Waals surface area contributed by atoms with Crippen molar-refractivity contribution in [2.45, 2.75) is 19.0 Å². The van der Waals surface area contributed by atoms with Crippen LogP contribution in [0.25, 0.3) is 0 Å². The molecule has 6 nitrogen and oxygen atoms in total. The smallest absolute Gasteiger partial charge is 0.240 e. The van der Waals surface area contributed by atoms with Gasteiger partial charge in [0, 0.05) is 5.02 Å². The molecule has 140 valence electrons. The maximum Gasteiger partial charge on any atom is 0.240 e. The van der Waals surface area contributed by atoms with Crippen molar-refractivity contribution in [1.29, 1.82) is 0 Å². The number of nitrogens with zero attached hydrogens (tertiary/aromatic N) is 3. The summed E-state index contributed by atoms with van der Waals surface area (Å²) in [4.78, 5) is 40.4. The van der Waals surface area contributed by atoms with Gasteiger partial charge in [0.1, 0.15) is 6.04 Å². The zero-order chi connectivity index (χ0) is 19.6. The summed E-state index contributed by atoms with van der Waals surface area (Å²) in [5, 5.41) is 6.61. The molecule has 3 heterocycles. The summed E-state index contributed by atoms with van der Waals surface area (Å²) in [6.07, 6.45) is 1.69. The number of hydrogen-bond donors (Lipinski definition) is 0. The van der Waals surface area contributed by atoms with Crippen LogP contribution in [0.15, 0.2) is 53.6 Å². The molecular weight excluding hydrogens is 378 g/mol. The Morgan fingerprint density at radius 2 is 1.68 bits per heavy atom. The van der Waals surface area contributed by atoms with Crippen molar-refractivity contribution in [2.75, 3.05) is 4.90 Å². The highest BCUT2D eigenvalue weighted by molar-refractivity contribution is 6.31. The molecule has 0 aromatic heterocycles. The molecule has 2 fully saturated rings. The quantitative estimate of drug-likeness (QED) is 0.736. The number of carbonyl (C=O) groups is 3. The van der Waals surface area contributed by atoms with E-state index in [-0.39, 0.29) is 17.6 Å². The number of hydrazone groups is 1. The van der Waals surface area contributed by atoms with Crippen LogP contribution in [0.5, 0.6) is 0 Å². The van der Waals surface area contributed by atoms with E-state index in [4.69, 9.17) is 11.6 Å². The van der Waals surface area contributed by atoms with E-state index < -0.39 is 23.9 Å². The first kappa shape index (κ1) is 17.1. The summed E-state index contributed by atoms with van der Waals surface area (Å²) in [5.41, 5.74) is 2.28. The maximum absolute atomic E-state index is 13.4. The Hall–Kier alpha value is -2.99. The lowest BCUT2D eigenvalue weighted by Gasteiger charge is -2.33. The van der Waals surface area contributed by atoms with Gasteiger partial charge in [-0.25, -0.2) is 4.90 Å². The number of Topliss-reactive ketones (excluding diaryl/α,β-unsaturated/α-hetero) is 1. The van der Waals surface area contributed by atoms with Crippen molar-refractivity contribution in [3.05, 3.63) is 64.7 Å².